The van der Waals surface area contributed by atoms with Gasteiger partial charge in [-0.25, -0.2) is 0 Å². The first-order valence-electron chi connectivity index (χ1n) is 4.35. The first kappa shape index (κ1) is 12.1. The van der Waals surface area contributed by atoms with Gasteiger partial charge in [0.1, 0.15) is 0 Å². The molecule has 1 aromatic rings. The molecule has 80 valence electrons. The van der Waals surface area contributed by atoms with Crippen LogP contribution in [0.25, 0.3) is 6.08 Å². The first-order chi connectivity index (χ1) is 7.02. The van der Waals surface area contributed by atoms with E-state index < -0.39 is 0 Å². The van der Waals surface area contributed by atoms with Gasteiger partial charge >= 0.3 is 0 Å². The number of carbonyl (C=O) groups excluding carboxylic acids is 1. The third kappa shape index (κ3) is 3.26. The fourth-order valence-corrected chi connectivity index (χ4v) is 1.50. The maximum Gasteiger partial charge on any atom is 0.246 e. The largest absolute Gasteiger partial charge is 0.345 e. The van der Waals surface area contributed by atoms with Gasteiger partial charge in [0.2, 0.25) is 5.91 Å². The smallest absolute Gasteiger partial charge is 0.246 e. The van der Waals surface area contributed by atoms with E-state index in [1.54, 1.807) is 38.4 Å². The second-order valence-corrected chi connectivity index (χ2v) is 4.02. The third-order valence-corrected chi connectivity index (χ3v) is 2.49. The number of hydrogen-bond donors (Lipinski definition) is 0. The quantitative estimate of drug-likeness (QED) is 0.732. The molecule has 0 heterocycles. The number of carbonyl (C=O) groups is 1. The lowest BCUT2D eigenvalue weighted by molar-refractivity contribution is -0.123. The van der Waals surface area contributed by atoms with E-state index in [0.29, 0.717) is 15.6 Å². The highest BCUT2D eigenvalue weighted by atomic mass is 35.5. The molecule has 0 aliphatic carbocycles. The molecule has 0 aromatic heterocycles. The van der Waals surface area contributed by atoms with Gasteiger partial charge < -0.3 is 4.90 Å². The predicted molar refractivity (Wildman–Crippen MR) is 64.2 cm³/mol. The fraction of sp³-hybridized carbons (Fsp3) is 0.182. The summed E-state index contributed by atoms with van der Waals surface area (Å²) in [5, 5.41) is 1.07. The van der Waals surface area contributed by atoms with Crippen LogP contribution in [0.3, 0.4) is 0 Å². The normalized spacial score (nSPS) is 10.7. The zero-order chi connectivity index (χ0) is 11.4. The van der Waals surface area contributed by atoms with E-state index in [0.717, 1.165) is 0 Å². The van der Waals surface area contributed by atoms with Crippen molar-refractivity contribution >= 4 is 35.2 Å². The van der Waals surface area contributed by atoms with Gasteiger partial charge in [-0.2, -0.15) is 0 Å². The number of nitrogens with zero attached hydrogens (tertiary/aromatic N) is 1. The minimum Gasteiger partial charge on any atom is -0.345 e. The molecule has 15 heavy (non-hydrogen) atoms. The second kappa shape index (κ2) is 5.19. The highest BCUT2D eigenvalue weighted by Crippen LogP contribution is 2.25. The van der Waals surface area contributed by atoms with Crippen molar-refractivity contribution in [1.82, 2.24) is 4.90 Å². The first-order valence-corrected chi connectivity index (χ1v) is 5.11. The number of benzene rings is 1. The Morgan fingerprint density at radius 1 is 1.27 bits per heavy atom. The number of hydrogen-bond acceptors (Lipinski definition) is 1. The van der Waals surface area contributed by atoms with Crippen LogP contribution in [-0.2, 0) is 4.79 Å². The van der Waals surface area contributed by atoms with Gasteiger partial charge in [-0.15, -0.1) is 0 Å². The summed E-state index contributed by atoms with van der Waals surface area (Å²) in [6.45, 7) is 0. The summed E-state index contributed by atoms with van der Waals surface area (Å²) >= 11 is 11.9. The summed E-state index contributed by atoms with van der Waals surface area (Å²) < 4.78 is 0. The van der Waals surface area contributed by atoms with Crippen molar-refractivity contribution in [3.63, 3.8) is 0 Å². The van der Waals surface area contributed by atoms with Gasteiger partial charge in [-0.3, -0.25) is 4.79 Å². The van der Waals surface area contributed by atoms with Crippen molar-refractivity contribution in [2.24, 2.45) is 0 Å². The van der Waals surface area contributed by atoms with Crippen LogP contribution < -0.4 is 0 Å². The molecule has 0 saturated carbocycles. The Morgan fingerprint density at radius 2 is 1.80 bits per heavy atom. The molecule has 0 aliphatic rings. The molecule has 2 nitrogen and oxygen atoms in total. The van der Waals surface area contributed by atoms with Crippen molar-refractivity contribution in [1.29, 1.82) is 0 Å². The molecule has 0 spiro atoms. The summed E-state index contributed by atoms with van der Waals surface area (Å²) in [6.07, 6.45) is 3.06. The zero-order valence-electron chi connectivity index (χ0n) is 8.50. The third-order valence-electron chi connectivity index (χ3n) is 1.83. The molecular formula is C11H11Cl2NO. The lowest BCUT2D eigenvalue weighted by Gasteiger charge is -2.06. The van der Waals surface area contributed by atoms with Crippen LogP contribution in [0, 0.1) is 0 Å². The molecule has 0 N–H and O–H groups in total. The Morgan fingerprint density at radius 3 is 2.27 bits per heavy atom. The molecule has 0 fully saturated rings. The lowest BCUT2D eigenvalue weighted by atomic mass is 10.2. The minimum atomic E-state index is -0.106. The molecular weight excluding hydrogens is 233 g/mol. The van der Waals surface area contributed by atoms with Crippen LogP contribution in [0.1, 0.15) is 5.56 Å². The molecule has 1 rings (SSSR count). The van der Waals surface area contributed by atoms with Crippen LogP contribution in [0.15, 0.2) is 24.3 Å². The second-order valence-electron chi connectivity index (χ2n) is 3.20. The number of rotatable bonds is 2. The van der Waals surface area contributed by atoms with Gasteiger partial charge in [0.15, 0.2) is 0 Å². The van der Waals surface area contributed by atoms with E-state index in [-0.39, 0.29) is 5.91 Å². The summed E-state index contributed by atoms with van der Waals surface area (Å²) in [5.74, 6) is -0.106. The van der Waals surface area contributed by atoms with Gasteiger partial charge in [0, 0.05) is 35.8 Å². The maximum atomic E-state index is 11.3. The van der Waals surface area contributed by atoms with Crippen LogP contribution in [0.2, 0.25) is 10.0 Å². The van der Waals surface area contributed by atoms with E-state index in [1.807, 2.05) is 0 Å². The molecule has 1 amide bonds. The number of halogens is 2. The van der Waals surface area contributed by atoms with Crippen LogP contribution in [0.4, 0.5) is 0 Å². The van der Waals surface area contributed by atoms with Gasteiger partial charge in [0.05, 0.1) is 0 Å². The average Bonchev–Trinajstić information content (AvgIpc) is 2.16. The summed E-state index contributed by atoms with van der Waals surface area (Å²) in [5.41, 5.74) is 0.663. The van der Waals surface area contributed by atoms with Crippen molar-refractivity contribution in [2.75, 3.05) is 14.1 Å². The Kier molecular flexibility index (Phi) is 4.18. The van der Waals surface area contributed by atoms with Crippen LogP contribution in [0.5, 0.6) is 0 Å². The Bertz CT molecular complexity index is 379. The number of amides is 1. The van der Waals surface area contributed by atoms with E-state index in [9.17, 15) is 4.79 Å². The molecule has 1 aromatic carbocycles. The van der Waals surface area contributed by atoms with Crippen LogP contribution >= 0.6 is 23.2 Å². The topological polar surface area (TPSA) is 20.3 Å². The predicted octanol–water partition coefficient (Wildman–Crippen LogP) is 3.09. The van der Waals surface area contributed by atoms with E-state index in [4.69, 9.17) is 23.2 Å². The van der Waals surface area contributed by atoms with Crippen molar-refractivity contribution in [3.8, 4) is 0 Å². The highest BCUT2D eigenvalue weighted by molar-refractivity contribution is 6.37. The van der Waals surface area contributed by atoms with Crippen molar-refractivity contribution in [3.05, 3.63) is 39.9 Å². The minimum absolute atomic E-state index is 0.106. The molecule has 0 unspecified atom stereocenters. The molecule has 4 heteroatoms. The van der Waals surface area contributed by atoms with Crippen molar-refractivity contribution < 1.29 is 4.79 Å². The molecule has 0 radical (unpaired) electrons. The van der Waals surface area contributed by atoms with E-state index >= 15 is 0 Å². The summed E-state index contributed by atoms with van der Waals surface area (Å²) in [6, 6.07) is 5.22. The van der Waals surface area contributed by atoms with Crippen LogP contribution in [-0.4, -0.2) is 24.9 Å². The Hall–Kier alpha value is -0.990. The van der Waals surface area contributed by atoms with E-state index in [1.165, 1.54) is 11.0 Å². The van der Waals surface area contributed by atoms with Gasteiger partial charge in [-0.1, -0.05) is 29.3 Å². The maximum absolute atomic E-state index is 11.3. The van der Waals surface area contributed by atoms with Crippen molar-refractivity contribution in [2.45, 2.75) is 0 Å². The molecule has 0 bridgehead atoms. The monoisotopic (exact) mass is 243 g/mol. The van der Waals surface area contributed by atoms with E-state index in [2.05, 4.69) is 0 Å². The summed E-state index contributed by atoms with van der Waals surface area (Å²) in [4.78, 5) is 12.8. The molecule has 0 atom stereocenters. The molecule has 0 saturated heterocycles. The number of likely N-dealkylation sites (N-methyl/N-ethyl adjacent to an activating group) is 1. The van der Waals surface area contributed by atoms with Gasteiger partial charge in [0.25, 0.3) is 0 Å². The zero-order valence-corrected chi connectivity index (χ0v) is 10.0. The average molecular weight is 244 g/mol. The molecule has 0 aliphatic heterocycles. The Balaban J connectivity index is 2.94. The van der Waals surface area contributed by atoms with Gasteiger partial charge in [-0.05, 0) is 18.2 Å². The standard InChI is InChI=1S/C11H11Cl2NO/c1-14(2)11(15)7-6-8-9(12)4-3-5-10(8)13/h3-7H,1-2H3/b7-6-. The fourth-order valence-electron chi connectivity index (χ4n) is 0.974. The lowest BCUT2D eigenvalue weighted by Crippen LogP contribution is -2.18. The Labute approximate surface area is 99.1 Å². The SMILES string of the molecule is CN(C)C(=O)/C=C\c1c(Cl)cccc1Cl. The summed E-state index contributed by atoms with van der Waals surface area (Å²) in [7, 11) is 3.36. The highest BCUT2D eigenvalue weighted by Gasteiger charge is 2.03.